The highest BCUT2D eigenvalue weighted by molar-refractivity contribution is 5.32. The molecule has 0 bridgehead atoms. The minimum Gasteiger partial charge on any atom is -0.0837 e. The average Bonchev–Trinajstić information content (AvgIpc) is 2.75. The molecule has 0 aromatic carbocycles. The van der Waals surface area contributed by atoms with Crippen LogP contribution < -0.4 is 0 Å². The summed E-state index contributed by atoms with van der Waals surface area (Å²) in [5.74, 6) is 2.90. The third kappa shape index (κ3) is 0.825. The van der Waals surface area contributed by atoms with Crippen LogP contribution in [0.4, 0.5) is 0 Å². The molecule has 0 saturated heterocycles. The second-order valence-electron chi connectivity index (χ2n) is 6.26. The summed E-state index contributed by atoms with van der Waals surface area (Å²) in [5.41, 5.74) is 1.31. The summed E-state index contributed by atoms with van der Waals surface area (Å²) in [6.45, 7) is 7.41. The van der Waals surface area contributed by atoms with Gasteiger partial charge in [0.2, 0.25) is 0 Å². The number of hydrogen-bond acceptors (Lipinski definition) is 0. The standard InChI is InChI=1S/C13H20/c1-9-4-6-12(2,3)11-8-13(11)7-5-10(9)13/h5,7,9-11H,4,6,8H2,1-3H3. The highest BCUT2D eigenvalue weighted by Gasteiger charge is 2.66. The van der Waals surface area contributed by atoms with Gasteiger partial charge in [-0.3, -0.25) is 0 Å². The highest BCUT2D eigenvalue weighted by Crippen LogP contribution is 2.74. The SMILES string of the molecule is CC1CCC(C)(C)C2CC23C=CC13. The highest BCUT2D eigenvalue weighted by atomic mass is 14.7. The van der Waals surface area contributed by atoms with Gasteiger partial charge in [0.25, 0.3) is 0 Å². The Hall–Kier alpha value is -0.260. The topological polar surface area (TPSA) is 0 Å². The maximum atomic E-state index is 2.52. The van der Waals surface area contributed by atoms with E-state index in [0.29, 0.717) is 10.8 Å². The first-order valence-corrected chi connectivity index (χ1v) is 5.76. The first-order chi connectivity index (χ1) is 6.06. The van der Waals surface area contributed by atoms with Gasteiger partial charge < -0.3 is 0 Å². The van der Waals surface area contributed by atoms with Crippen molar-refractivity contribution in [1.82, 2.24) is 0 Å². The predicted molar refractivity (Wildman–Crippen MR) is 55.3 cm³/mol. The lowest BCUT2D eigenvalue weighted by atomic mass is 9.70. The summed E-state index contributed by atoms with van der Waals surface area (Å²) in [7, 11) is 0. The fourth-order valence-corrected chi connectivity index (χ4v) is 3.98. The molecule has 72 valence electrons. The quantitative estimate of drug-likeness (QED) is 0.494. The molecule has 0 aromatic rings. The van der Waals surface area contributed by atoms with Crippen LogP contribution in [0.1, 0.15) is 40.0 Å². The molecule has 0 nitrogen and oxygen atoms in total. The number of allylic oxidation sites excluding steroid dienone is 2. The summed E-state index contributed by atoms with van der Waals surface area (Å²) >= 11 is 0. The fourth-order valence-electron chi connectivity index (χ4n) is 3.98. The molecule has 2 fully saturated rings. The van der Waals surface area contributed by atoms with Gasteiger partial charge in [0.1, 0.15) is 0 Å². The molecule has 0 heterocycles. The van der Waals surface area contributed by atoms with Crippen LogP contribution in [-0.2, 0) is 0 Å². The minimum absolute atomic E-state index is 0.619. The maximum absolute atomic E-state index is 2.52. The number of hydrogen-bond donors (Lipinski definition) is 0. The van der Waals surface area contributed by atoms with E-state index in [9.17, 15) is 0 Å². The molecule has 4 atom stereocenters. The molecule has 3 aliphatic carbocycles. The Bertz CT molecular complexity index is 274. The van der Waals surface area contributed by atoms with Gasteiger partial charge >= 0.3 is 0 Å². The third-order valence-electron chi connectivity index (χ3n) is 5.08. The molecule has 0 radical (unpaired) electrons. The summed E-state index contributed by atoms with van der Waals surface area (Å²) in [4.78, 5) is 0. The lowest BCUT2D eigenvalue weighted by Crippen LogP contribution is -2.28. The Morgan fingerprint density at radius 1 is 1.31 bits per heavy atom. The van der Waals surface area contributed by atoms with Crippen LogP contribution >= 0.6 is 0 Å². The van der Waals surface area contributed by atoms with E-state index in [1.807, 2.05) is 0 Å². The summed E-state index contributed by atoms with van der Waals surface area (Å²) in [6, 6.07) is 0. The Morgan fingerprint density at radius 2 is 2.08 bits per heavy atom. The van der Waals surface area contributed by atoms with E-state index >= 15 is 0 Å². The van der Waals surface area contributed by atoms with Crippen molar-refractivity contribution in [2.24, 2.45) is 28.6 Å². The van der Waals surface area contributed by atoms with Gasteiger partial charge in [-0.2, -0.15) is 0 Å². The molecule has 0 amide bonds. The smallest absolute Gasteiger partial charge is 0.00161 e. The molecule has 4 unspecified atom stereocenters. The Balaban J connectivity index is 1.96. The van der Waals surface area contributed by atoms with E-state index < -0.39 is 0 Å². The summed E-state index contributed by atoms with van der Waals surface area (Å²) < 4.78 is 0. The van der Waals surface area contributed by atoms with Gasteiger partial charge in [-0.25, -0.2) is 0 Å². The van der Waals surface area contributed by atoms with Crippen LogP contribution in [0.2, 0.25) is 0 Å². The molecule has 0 aliphatic heterocycles. The van der Waals surface area contributed by atoms with Crippen LogP contribution in [-0.4, -0.2) is 0 Å². The van der Waals surface area contributed by atoms with E-state index in [-0.39, 0.29) is 0 Å². The van der Waals surface area contributed by atoms with Crippen molar-refractivity contribution in [2.75, 3.05) is 0 Å². The van der Waals surface area contributed by atoms with Crippen LogP contribution in [0.5, 0.6) is 0 Å². The van der Waals surface area contributed by atoms with Gasteiger partial charge in [0.15, 0.2) is 0 Å². The number of rotatable bonds is 0. The van der Waals surface area contributed by atoms with Crippen LogP contribution in [0.3, 0.4) is 0 Å². The lowest BCUT2D eigenvalue weighted by molar-refractivity contribution is 0.247. The molecule has 1 spiro atoms. The third-order valence-corrected chi connectivity index (χ3v) is 5.08. The Morgan fingerprint density at radius 3 is 2.69 bits per heavy atom. The van der Waals surface area contributed by atoms with Crippen molar-refractivity contribution in [1.29, 1.82) is 0 Å². The van der Waals surface area contributed by atoms with Crippen molar-refractivity contribution in [3.63, 3.8) is 0 Å². The van der Waals surface area contributed by atoms with Crippen molar-refractivity contribution in [3.05, 3.63) is 12.2 Å². The monoisotopic (exact) mass is 176 g/mol. The van der Waals surface area contributed by atoms with Crippen LogP contribution in [0.25, 0.3) is 0 Å². The Kier molecular flexibility index (Phi) is 1.27. The fraction of sp³-hybridized carbons (Fsp3) is 0.846. The molecular formula is C13H20. The molecule has 0 aromatic heterocycles. The molecule has 0 heteroatoms. The second kappa shape index (κ2) is 2.04. The maximum Gasteiger partial charge on any atom is -0.00161 e. The van der Waals surface area contributed by atoms with E-state index in [1.165, 1.54) is 19.3 Å². The van der Waals surface area contributed by atoms with Gasteiger partial charge in [-0.15, -0.1) is 0 Å². The van der Waals surface area contributed by atoms with Gasteiger partial charge in [-0.05, 0) is 47.8 Å². The lowest BCUT2D eigenvalue weighted by Gasteiger charge is -2.35. The Labute approximate surface area is 81.4 Å². The average molecular weight is 176 g/mol. The molecule has 0 N–H and O–H groups in total. The summed E-state index contributed by atoms with van der Waals surface area (Å²) in [5, 5.41) is 0. The van der Waals surface area contributed by atoms with Crippen molar-refractivity contribution < 1.29 is 0 Å². The molecule has 2 saturated carbocycles. The zero-order chi connectivity index (χ0) is 9.27. The first-order valence-electron chi connectivity index (χ1n) is 5.76. The van der Waals surface area contributed by atoms with E-state index in [4.69, 9.17) is 0 Å². The molecule has 13 heavy (non-hydrogen) atoms. The molecule has 3 aliphatic rings. The molecule has 3 rings (SSSR count). The second-order valence-corrected chi connectivity index (χ2v) is 6.26. The first kappa shape index (κ1) is 8.08. The minimum atomic E-state index is 0.619. The summed E-state index contributed by atoms with van der Waals surface area (Å²) in [6.07, 6.45) is 9.38. The van der Waals surface area contributed by atoms with Crippen molar-refractivity contribution in [3.8, 4) is 0 Å². The zero-order valence-corrected chi connectivity index (χ0v) is 9.01. The normalized spacial score (nSPS) is 55.8. The van der Waals surface area contributed by atoms with Gasteiger partial charge in [0.05, 0.1) is 0 Å². The van der Waals surface area contributed by atoms with E-state index in [0.717, 1.165) is 17.8 Å². The van der Waals surface area contributed by atoms with Crippen LogP contribution in [0.15, 0.2) is 12.2 Å². The van der Waals surface area contributed by atoms with Crippen molar-refractivity contribution in [2.45, 2.75) is 40.0 Å². The predicted octanol–water partition coefficient (Wildman–Crippen LogP) is 3.63. The van der Waals surface area contributed by atoms with Gasteiger partial charge in [-0.1, -0.05) is 32.9 Å². The molecular weight excluding hydrogens is 156 g/mol. The van der Waals surface area contributed by atoms with E-state index in [1.54, 1.807) is 0 Å². The van der Waals surface area contributed by atoms with Crippen molar-refractivity contribution >= 4 is 0 Å². The largest absolute Gasteiger partial charge is 0.0837 e. The zero-order valence-electron chi connectivity index (χ0n) is 9.01. The van der Waals surface area contributed by atoms with Gasteiger partial charge in [0, 0.05) is 0 Å². The van der Waals surface area contributed by atoms with Crippen LogP contribution in [0, 0.1) is 28.6 Å². The van der Waals surface area contributed by atoms with E-state index in [2.05, 4.69) is 32.9 Å².